The van der Waals surface area contributed by atoms with Crippen molar-refractivity contribution in [2.24, 2.45) is 0 Å². The van der Waals surface area contributed by atoms with Crippen LogP contribution in [0, 0.1) is 0 Å². The standard InChI is InChI=1S/C22H23ClN2O4/c23-17-11-14(12-19-20(17)29-10-4-9-28-19)21-24-18-7-2-1-6-16(18)22(26)25(21)13-15-5-3-8-27-15/h1-2,6-7,11-12,15,21,24H,3-5,8-10,13H2/t15-,21-/m0/s1. The predicted octanol–water partition coefficient (Wildman–Crippen LogP) is 4.25. The average molecular weight is 415 g/mol. The fourth-order valence-electron chi connectivity index (χ4n) is 4.16. The lowest BCUT2D eigenvalue weighted by Crippen LogP contribution is -2.46. The first-order chi connectivity index (χ1) is 14.2. The van der Waals surface area contributed by atoms with Gasteiger partial charge in [0.05, 0.1) is 29.9 Å². The van der Waals surface area contributed by atoms with E-state index in [1.54, 1.807) is 0 Å². The molecule has 3 heterocycles. The molecule has 2 aromatic carbocycles. The van der Waals surface area contributed by atoms with E-state index in [2.05, 4.69) is 5.32 Å². The molecule has 0 radical (unpaired) electrons. The van der Waals surface area contributed by atoms with Gasteiger partial charge in [-0.05, 0) is 37.1 Å². The third-order valence-electron chi connectivity index (χ3n) is 5.59. The molecule has 152 valence electrons. The number of carbonyl (C=O) groups is 1. The number of benzene rings is 2. The molecule has 0 bridgehead atoms. The van der Waals surface area contributed by atoms with Crippen LogP contribution in [-0.4, -0.2) is 43.3 Å². The van der Waals surface area contributed by atoms with Crippen LogP contribution >= 0.6 is 11.6 Å². The van der Waals surface area contributed by atoms with Crippen molar-refractivity contribution in [2.75, 3.05) is 31.7 Å². The highest BCUT2D eigenvalue weighted by Gasteiger charge is 2.36. The molecule has 1 fully saturated rings. The summed E-state index contributed by atoms with van der Waals surface area (Å²) in [6.07, 6.45) is 2.47. The molecule has 1 amide bonds. The number of rotatable bonds is 3. The highest BCUT2D eigenvalue weighted by molar-refractivity contribution is 6.32. The molecule has 1 N–H and O–H groups in total. The highest BCUT2D eigenvalue weighted by Crippen LogP contribution is 2.42. The first-order valence-electron chi connectivity index (χ1n) is 10.1. The molecule has 5 rings (SSSR count). The molecular weight excluding hydrogens is 392 g/mol. The van der Waals surface area contributed by atoms with Gasteiger partial charge in [0.25, 0.3) is 5.91 Å². The first kappa shape index (κ1) is 18.6. The molecule has 2 atom stereocenters. The third-order valence-corrected chi connectivity index (χ3v) is 5.87. The number of amides is 1. The number of para-hydroxylation sites is 1. The second kappa shape index (κ2) is 7.76. The Morgan fingerprint density at radius 2 is 1.97 bits per heavy atom. The van der Waals surface area contributed by atoms with Crippen LogP contribution in [0.25, 0.3) is 0 Å². The summed E-state index contributed by atoms with van der Waals surface area (Å²) < 4.78 is 17.4. The fraction of sp³-hybridized carbons (Fsp3) is 0.409. The van der Waals surface area contributed by atoms with E-state index in [4.69, 9.17) is 25.8 Å². The lowest BCUT2D eigenvalue weighted by Gasteiger charge is -2.39. The maximum Gasteiger partial charge on any atom is 0.257 e. The molecule has 0 saturated carbocycles. The number of fused-ring (bicyclic) bond motifs is 2. The van der Waals surface area contributed by atoms with Gasteiger partial charge >= 0.3 is 0 Å². The SMILES string of the molecule is O=C1c2ccccc2N[C@H](c2cc(Cl)c3c(c2)OCCCO3)N1C[C@@H]1CCCO1. The van der Waals surface area contributed by atoms with Gasteiger partial charge < -0.3 is 24.4 Å². The predicted molar refractivity (Wildman–Crippen MR) is 110 cm³/mol. The molecule has 7 heteroatoms. The van der Waals surface area contributed by atoms with Crippen LogP contribution in [0.1, 0.15) is 41.3 Å². The number of ether oxygens (including phenoxy) is 3. The van der Waals surface area contributed by atoms with Crippen LogP contribution < -0.4 is 14.8 Å². The second-order valence-electron chi connectivity index (χ2n) is 7.57. The van der Waals surface area contributed by atoms with E-state index in [1.165, 1.54) is 0 Å². The van der Waals surface area contributed by atoms with Gasteiger partial charge in [-0.1, -0.05) is 23.7 Å². The Morgan fingerprint density at radius 1 is 1.10 bits per heavy atom. The van der Waals surface area contributed by atoms with E-state index in [1.807, 2.05) is 41.3 Å². The lowest BCUT2D eigenvalue weighted by molar-refractivity contribution is 0.0426. The molecule has 3 aliphatic heterocycles. The van der Waals surface area contributed by atoms with Crippen molar-refractivity contribution in [1.82, 2.24) is 4.90 Å². The molecule has 0 spiro atoms. The topological polar surface area (TPSA) is 60.0 Å². The van der Waals surface area contributed by atoms with Crippen molar-refractivity contribution in [3.63, 3.8) is 0 Å². The lowest BCUT2D eigenvalue weighted by atomic mass is 10.0. The monoisotopic (exact) mass is 414 g/mol. The van der Waals surface area contributed by atoms with E-state index in [-0.39, 0.29) is 18.2 Å². The van der Waals surface area contributed by atoms with Crippen LogP contribution in [0.5, 0.6) is 11.5 Å². The minimum Gasteiger partial charge on any atom is -0.489 e. The van der Waals surface area contributed by atoms with Gasteiger partial charge in [-0.15, -0.1) is 0 Å². The zero-order valence-corrected chi connectivity index (χ0v) is 16.8. The summed E-state index contributed by atoms with van der Waals surface area (Å²) in [4.78, 5) is 15.2. The van der Waals surface area contributed by atoms with Crippen molar-refractivity contribution < 1.29 is 19.0 Å². The number of nitrogens with one attached hydrogen (secondary N) is 1. The molecule has 29 heavy (non-hydrogen) atoms. The maximum absolute atomic E-state index is 13.4. The van der Waals surface area contributed by atoms with Crippen LogP contribution in [0.3, 0.4) is 0 Å². The molecule has 0 unspecified atom stereocenters. The molecule has 0 aliphatic carbocycles. The Bertz CT molecular complexity index is 929. The second-order valence-corrected chi connectivity index (χ2v) is 7.97. The van der Waals surface area contributed by atoms with Crippen molar-refractivity contribution in [3.8, 4) is 11.5 Å². The molecule has 3 aliphatic rings. The quantitative estimate of drug-likeness (QED) is 0.813. The third kappa shape index (κ3) is 3.51. The van der Waals surface area contributed by atoms with Crippen molar-refractivity contribution in [3.05, 3.63) is 52.5 Å². The van der Waals surface area contributed by atoms with E-state index < -0.39 is 0 Å². The fourth-order valence-corrected chi connectivity index (χ4v) is 4.43. The number of carbonyl (C=O) groups excluding carboxylic acids is 1. The number of nitrogens with zero attached hydrogens (tertiary/aromatic N) is 1. The van der Waals surface area contributed by atoms with Crippen LogP contribution in [-0.2, 0) is 4.74 Å². The number of halogens is 1. The molecular formula is C22H23ClN2O4. The summed E-state index contributed by atoms with van der Waals surface area (Å²) in [6, 6.07) is 11.4. The minimum atomic E-state index is -0.365. The van der Waals surface area contributed by atoms with Gasteiger partial charge in [0.15, 0.2) is 11.5 Å². The van der Waals surface area contributed by atoms with Gasteiger partial charge in [0.1, 0.15) is 6.17 Å². The smallest absolute Gasteiger partial charge is 0.257 e. The summed E-state index contributed by atoms with van der Waals surface area (Å²) in [6.45, 7) is 2.42. The largest absolute Gasteiger partial charge is 0.489 e. The van der Waals surface area contributed by atoms with Crippen LogP contribution in [0.2, 0.25) is 5.02 Å². The summed E-state index contributed by atoms with van der Waals surface area (Å²) in [5, 5.41) is 4.00. The van der Waals surface area contributed by atoms with E-state index in [0.29, 0.717) is 41.8 Å². The van der Waals surface area contributed by atoms with Crippen molar-refractivity contribution >= 4 is 23.2 Å². The van der Waals surface area contributed by atoms with Crippen LogP contribution in [0.4, 0.5) is 5.69 Å². The van der Waals surface area contributed by atoms with E-state index in [9.17, 15) is 4.79 Å². The Balaban J connectivity index is 1.55. The zero-order valence-electron chi connectivity index (χ0n) is 16.0. The normalized spacial score (nSPS) is 23.3. The highest BCUT2D eigenvalue weighted by atomic mass is 35.5. The van der Waals surface area contributed by atoms with E-state index in [0.717, 1.165) is 37.1 Å². The summed E-state index contributed by atoms with van der Waals surface area (Å²) in [5.74, 6) is 1.18. The Kier molecular flexibility index (Phi) is 4.97. The Hall–Kier alpha value is -2.44. The zero-order chi connectivity index (χ0) is 19.8. The average Bonchev–Trinajstić information content (AvgIpc) is 3.12. The van der Waals surface area contributed by atoms with Gasteiger partial charge in [-0.25, -0.2) is 0 Å². The van der Waals surface area contributed by atoms with Crippen LogP contribution in [0.15, 0.2) is 36.4 Å². The number of hydrogen-bond acceptors (Lipinski definition) is 5. The molecule has 0 aromatic heterocycles. The minimum absolute atomic E-state index is 0.0110. The molecule has 1 saturated heterocycles. The summed E-state index contributed by atoms with van der Waals surface area (Å²) in [7, 11) is 0. The Morgan fingerprint density at radius 3 is 2.83 bits per heavy atom. The maximum atomic E-state index is 13.4. The van der Waals surface area contributed by atoms with Crippen molar-refractivity contribution in [1.29, 1.82) is 0 Å². The summed E-state index contributed by atoms with van der Waals surface area (Å²) >= 11 is 6.53. The van der Waals surface area contributed by atoms with Gasteiger partial charge in [-0.3, -0.25) is 4.79 Å². The molecule has 2 aromatic rings. The van der Waals surface area contributed by atoms with Crippen molar-refractivity contribution in [2.45, 2.75) is 31.5 Å². The first-order valence-corrected chi connectivity index (χ1v) is 10.5. The van der Waals surface area contributed by atoms with Gasteiger partial charge in [-0.2, -0.15) is 0 Å². The number of anilines is 1. The van der Waals surface area contributed by atoms with E-state index >= 15 is 0 Å². The van der Waals surface area contributed by atoms with Gasteiger partial charge in [0.2, 0.25) is 0 Å². The number of hydrogen-bond donors (Lipinski definition) is 1. The Labute approximate surface area is 174 Å². The summed E-state index contributed by atoms with van der Waals surface area (Å²) in [5.41, 5.74) is 2.34. The van der Waals surface area contributed by atoms with Gasteiger partial charge in [0, 0.05) is 30.8 Å². The molecule has 6 nitrogen and oxygen atoms in total.